The highest BCUT2D eigenvalue weighted by atomic mass is 16.5. The van der Waals surface area contributed by atoms with Gasteiger partial charge in [0.25, 0.3) is 0 Å². The van der Waals surface area contributed by atoms with Gasteiger partial charge in [0, 0.05) is 26.4 Å². The number of hydrogen-bond acceptors (Lipinski definition) is 3. The van der Waals surface area contributed by atoms with E-state index in [-0.39, 0.29) is 6.10 Å². The Hall–Kier alpha value is -0.120. The Morgan fingerprint density at radius 3 is 2.62 bits per heavy atom. The molecule has 0 aromatic carbocycles. The van der Waals surface area contributed by atoms with Gasteiger partial charge in [0.15, 0.2) is 0 Å². The van der Waals surface area contributed by atoms with Gasteiger partial charge in [0.2, 0.25) is 0 Å². The molecule has 2 aliphatic rings. The summed E-state index contributed by atoms with van der Waals surface area (Å²) < 4.78 is 11.0. The van der Waals surface area contributed by atoms with Gasteiger partial charge in [0.05, 0.1) is 6.10 Å². The van der Waals surface area contributed by atoms with Crippen LogP contribution in [0.15, 0.2) is 0 Å². The van der Waals surface area contributed by atoms with Crippen LogP contribution in [0.5, 0.6) is 0 Å². The van der Waals surface area contributed by atoms with Crippen molar-refractivity contribution >= 4 is 0 Å². The summed E-state index contributed by atoms with van der Waals surface area (Å²) in [5.74, 6) is 1.19. The Bertz CT molecular complexity index is 190. The first-order valence-electron chi connectivity index (χ1n) is 6.70. The summed E-state index contributed by atoms with van der Waals surface area (Å²) in [7, 11) is 0. The fraction of sp³-hybridized carbons (Fsp3) is 1.00. The normalized spacial score (nSPS) is 32.1. The second kappa shape index (κ2) is 6.58. The van der Waals surface area contributed by atoms with E-state index in [0.717, 1.165) is 52.1 Å². The molecule has 2 rings (SSSR count). The van der Waals surface area contributed by atoms with Gasteiger partial charge in [-0.2, -0.15) is 0 Å². The van der Waals surface area contributed by atoms with Crippen LogP contribution < -0.4 is 0 Å². The molecule has 0 radical (unpaired) electrons. The van der Waals surface area contributed by atoms with Crippen molar-refractivity contribution in [3.8, 4) is 0 Å². The second-order valence-corrected chi connectivity index (χ2v) is 5.18. The van der Waals surface area contributed by atoms with Crippen LogP contribution in [-0.4, -0.2) is 37.6 Å². The predicted molar refractivity (Wildman–Crippen MR) is 62.3 cm³/mol. The highest BCUT2D eigenvalue weighted by Crippen LogP contribution is 2.28. The Morgan fingerprint density at radius 1 is 1.12 bits per heavy atom. The summed E-state index contributed by atoms with van der Waals surface area (Å²) in [6.07, 6.45) is 6.62. The van der Waals surface area contributed by atoms with Crippen LogP contribution in [0.25, 0.3) is 0 Å². The predicted octanol–water partition coefficient (Wildman–Crippen LogP) is 1.98. The molecule has 94 valence electrons. The zero-order chi connectivity index (χ0) is 11.2. The van der Waals surface area contributed by atoms with Gasteiger partial charge < -0.3 is 14.6 Å². The molecule has 0 aromatic heterocycles. The number of aliphatic hydroxyl groups excluding tert-OH is 1. The Morgan fingerprint density at radius 2 is 1.94 bits per heavy atom. The average molecular weight is 228 g/mol. The lowest BCUT2D eigenvalue weighted by atomic mass is 10.0. The van der Waals surface area contributed by atoms with Crippen LogP contribution in [0, 0.1) is 11.8 Å². The molecule has 1 saturated heterocycles. The second-order valence-electron chi connectivity index (χ2n) is 5.18. The molecule has 2 atom stereocenters. The standard InChI is InChI=1S/C13H24O3/c14-13-3-1-2-12(13)6-9-16-10-11-4-7-15-8-5-11/h11-14H,1-10H2. The summed E-state index contributed by atoms with van der Waals surface area (Å²) >= 11 is 0. The quantitative estimate of drug-likeness (QED) is 0.731. The van der Waals surface area contributed by atoms with Crippen LogP contribution in [0.3, 0.4) is 0 Å². The van der Waals surface area contributed by atoms with E-state index in [4.69, 9.17) is 9.47 Å². The van der Waals surface area contributed by atoms with Crippen LogP contribution >= 0.6 is 0 Å². The van der Waals surface area contributed by atoms with Gasteiger partial charge in [0.1, 0.15) is 0 Å². The fourth-order valence-corrected chi connectivity index (χ4v) is 2.75. The van der Waals surface area contributed by atoms with Crippen molar-refractivity contribution in [2.45, 2.75) is 44.6 Å². The maximum atomic E-state index is 9.66. The molecular formula is C13H24O3. The van der Waals surface area contributed by atoms with E-state index >= 15 is 0 Å². The highest BCUT2D eigenvalue weighted by Gasteiger charge is 2.24. The molecule has 1 heterocycles. The lowest BCUT2D eigenvalue weighted by Crippen LogP contribution is -2.21. The van der Waals surface area contributed by atoms with Gasteiger partial charge in [-0.1, -0.05) is 6.42 Å². The molecule has 0 amide bonds. The summed E-state index contributed by atoms with van der Waals surface area (Å²) in [6, 6.07) is 0. The molecular weight excluding hydrogens is 204 g/mol. The van der Waals surface area contributed by atoms with Crippen molar-refractivity contribution < 1.29 is 14.6 Å². The summed E-state index contributed by atoms with van der Waals surface area (Å²) in [6.45, 7) is 3.50. The van der Waals surface area contributed by atoms with Crippen LogP contribution in [-0.2, 0) is 9.47 Å². The van der Waals surface area contributed by atoms with E-state index in [0.29, 0.717) is 11.8 Å². The van der Waals surface area contributed by atoms with Gasteiger partial charge in [-0.15, -0.1) is 0 Å². The highest BCUT2D eigenvalue weighted by molar-refractivity contribution is 4.76. The SMILES string of the molecule is OC1CCCC1CCOCC1CCOCC1. The molecule has 0 aromatic rings. The van der Waals surface area contributed by atoms with Crippen molar-refractivity contribution in [1.82, 2.24) is 0 Å². The van der Waals surface area contributed by atoms with Crippen molar-refractivity contribution in [1.29, 1.82) is 0 Å². The van der Waals surface area contributed by atoms with Crippen molar-refractivity contribution in [3.63, 3.8) is 0 Å². The van der Waals surface area contributed by atoms with Crippen LogP contribution in [0.4, 0.5) is 0 Å². The van der Waals surface area contributed by atoms with Crippen molar-refractivity contribution in [3.05, 3.63) is 0 Å². The third kappa shape index (κ3) is 3.72. The molecule has 2 unspecified atom stereocenters. The zero-order valence-electron chi connectivity index (χ0n) is 10.1. The number of ether oxygens (including phenoxy) is 2. The van der Waals surface area contributed by atoms with Gasteiger partial charge in [-0.05, 0) is 43.9 Å². The average Bonchev–Trinajstić information content (AvgIpc) is 2.72. The van der Waals surface area contributed by atoms with Crippen LogP contribution in [0.1, 0.15) is 38.5 Å². The number of hydrogen-bond donors (Lipinski definition) is 1. The summed E-state index contributed by atoms with van der Waals surface area (Å²) in [5.41, 5.74) is 0. The van der Waals surface area contributed by atoms with E-state index < -0.39 is 0 Å². The molecule has 3 nitrogen and oxygen atoms in total. The summed E-state index contributed by atoms with van der Waals surface area (Å²) in [5, 5.41) is 9.66. The topological polar surface area (TPSA) is 38.7 Å². The monoisotopic (exact) mass is 228 g/mol. The zero-order valence-corrected chi connectivity index (χ0v) is 10.1. The minimum atomic E-state index is -0.0633. The number of aliphatic hydroxyl groups is 1. The fourth-order valence-electron chi connectivity index (χ4n) is 2.75. The number of rotatable bonds is 5. The minimum absolute atomic E-state index is 0.0633. The Balaban J connectivity index is 1.51. The summed E-state index contributed by atoms with van der Waals surface area (Å²) in [4.78, 5) is 0. The van der Waals surface area contributed by atoms with Gasteiger partial charge in [-0.3, -0.25) is 0 Å². The van der Waals surface area contributed by atoms with Gasteiger partial charge >= 0.3 is 0 Å². The Kier molecular flexibility index (Phi) is 5.07. The molecule has 1 aliphatic heterocycles. The molecule has 1 aliphatic carbocycles. The lowest BCUT2D eigenvalue weighted by molar-refractivity contribution is 0.0135. The first-order valence-corrected chi connectivity index (χ1v) is 6.70. The van der Waals surface area contributed by atoms with Crippen LogP contribution in [0.2, 0.25) is 0 Å². The van der Waals surface area contributed by atoms with Gasteiger partial charge in [-0.25, -0.2) is 0 Å². The first kappa shape index (κ1) is 12.3. The smallest absolute Gasteiger partial charge is 0.0569 e. The molecule has 1 saturated carbocycles. The largest absolute Gasteiger partial charge is 0.393 e. The molecule has 3 heteroatoms. The van der Waals surface area contributed by atoms with E-state index in [9.17, 15) is 5.11 Å². The molecule has 0 spiro atoms. The van der Waals surface area contributed by atoms with E-state index in [1.54, 1.807) is 0 Å². The molecule has 16 heavy (non-hydrogen) atoms. The third-order valence-corrected chi connectivity index (χ3v) is 3.95. The Labute approximate surface area is 98.1 Å². The molecule has 0 bridgehead atoms. The third-order valence-electron chi connectivity index (χ3n) is 3.95. The molecule has 2 fully saturated rings. The molecule has 1 N–H and O–H groups in total. The van der Waals surface area contributed by atoms with E-state index in [1.165, 1.54) is 12.8 Å². The van der Waals surface area contributed by atoms with E-state index in [2.05, 4.69) is 0 Å². The van der Waals surface area contributed by atoms with E-state index in [1.807, 2.05) is 0 Å². The maximum Gasteiger partial charge on any atom is 0.0569 e. The first-order chi connectivity index (χ1) is 7.86. The lowest BCUT2D eigenvalue weighted by Gasteiger charge is -2.22. The van der Waals surface area contributed by atoms with Crippen molar-refractivity contribution in [2.75, 3.05) is 26.4 Å². The maximum absolute atomic E-state index is 9.66. The minimum Gasteiger partial charge on any atom is -0.393 e. The van der Waals surface area contributed by atoms with Crippen molar-refractivity contribution in [2.24, 2.45) is 11.8 Å².